The summed E-state index contributed by atoms with van der Waals surface area (Å²) in [5.41, 5.74) is 0.0582. The summed E-state index contributed by atoms with van der Waals surface area (Å²) in [7, 11) is 0. The molecule has 2 aromatic rings. The minimum Gasteiger partial charge on any atom is -0.481 e. The summed E-state index contributed by atoms with van der Waals surface area (Å²) in [5, 5.41) is 12.6. The number of rotatable bonds is 4. The van der Waals surface area contributed by atoms with E-state index in [4.69, 9.17) is 4.74 Å². The molecule has 1 saturated carbocycles. The molecular formula is C23H30ClNO3. The summed E-state index contributed by atoms with van der Waals surface area (Å²) in [4.78, 5) is 15.2. The number of fused-ring (bicyclic) bond motifs is 1. The molecule has 0 amide bonds. The summed E-state index contributed by atoms with van der Waals surface area (Å²) in [6.45, 7) is 5.28. The van der Waals surface area contributed by atoms with E-state index in [1.54, 1.807) is 0 Å². The van der Waals surface area contributed by atoms with E-state index in [-0.39, 0.29) is 18.3 Å². The molecule has 2 aromatic carbocycles. The van der Waals surface area contributed by atoms with Crippen LogP contribution in [-0.2, 0) is 14.9 Å². The maximum atomic E-state index is 12.7. The van der Waals surface area contributed by atoms with Gasteiger partial charge in [-0.05, 0) is 42.0 Å². The Morgan fingerprint density at radius 1 is 1.07 bits per heavy atom. The standard InChI is InChI=1S/C23H29NO3.ClH/c1-23(22(25)26,19-11-6-8-17-7-2-3-9-18(17)19)20-10-4-5-12-21(20)24-13-15-27-16-14-24;/h2-3,6-9,11,20-21H,4-5,10,12-16H2,1H3,(H,25,26);1H. The highest BCUT2D eigenvalue weighted by Crippen LogP contribution is 2.45. The van der Waals surface area contributed by atoms with Crippen molar-refractivity contribution in [2.75, 3.05) is 26.3 Å². The fourth-order valence-electron chi connectivity index (χ4n) is 5.28. The molecule has 0 bridgehead atoms. The van der Waals surface area contributed by atoms with Crippen molar-refractivity contribution in [2.45, 2.75) is 44.1 Å². The molecule has 1 heterocycles. The van der Waals surface area contributed by atoms with E-state index >= 15 is 0 Å². The Labute approximate surface area is 173 Å². The van der Waals surface area contributed by atoms with Gasteiger partial charge >= 0.3 is 5.97 Å². The number of nitrogens with zero attached hydrogens (tertiary/aromatic N) is 1. The third-order valence-corrected chi connectivity index (χ3v) is 6.78. The molecule has 0 spiro atoms. The zero-order chi connectivity index (χ0) is 18.9. The van der Waals surface area contributed by atoms with Gasteiger partial charge in [-0.15, -0.1) is 12.4 Å². The third-order valence-electron chi connectivity index (χ3n) is 6.78. The van der Waals surface area contributed by atoms with Crippen LogP contribution in [0.1, 0.15) is 38.2 Å². The number of hydrogen-bond acceptors (Lipinski definition) is 3. The highest BCUT2D eigenvalue weighted by atomic mass is 35.5. The van der Waals surface area contributed by atoms with Crippen LogP contribution in [0.2, 0.25) is 0 Å². The van der Waals surface area contributed by atoms with Crippen LogP contribution in [0.15, 0.2) is 42.5 Å². The van der Waals surface area contributed by atoms with Gasteiger partial charge in [0.2, 0.25) is 0 Å². The SMILES string of the molecule is CC(C(=O)O)(c1cccc2ccccc12)C1CCCCC1N1CCOCC1.Cl. The van der Waals surface area contributed by atoms with E-state index in [0.717, 1.165) is 61.9 Å². The number of carboxylic acids is 1. The van der Waals surface area contributed by atoms with Crippen LogP contribution < -0.4 is 0 Å². The lowest BCUT2D eigenvalue weighted by atomic mass is 9.63. The predicted octanol–water partition coefficient (Wildman–Crippen LogP) is 4.49. The predicted molar refractivity (Wildman–Crippen MR) is 114 cm³/mol. The van der Waals surface area contributed by atoms with Crippen LogP contribution in [0.4, 0.5) is 0 Å². The number of aliphatic carboxylic acids is 1. The molecule has 5 heteroatoms. The van der Waals surface area contributed by atoms with Crippen LogP contribution in [0.5, 0.6) is 0 Å². The Morgan fingerprint density at radius 3 is 2.50 bits per heavy atom. The lowest BCUT2D eigenvalue weighted by Crippen LogP contribution is -2.55. The van der Waals surface area contributed by atoms with Gasteiger partial charge in [-0.1, -0.05) is 55.3 Å². The van der Waals surface area contributed by atoms with Crippen LogP contribution in [0, 0.1) is 5.92 Å². The molecule has 3 atom stereocenters. The highest BCUT2D eigenvalue weighted by Gasteiger charge is 2.49. The van der Waals surface area contributed by atoms with Crippen LogP contribution in [0.3, 0.4) is 0 Å². The van der Waals surface area contributed by atoms with E-state index in [1.165, 1.54) is 6.42 Å². The van der Waals surface area contributed by atoms with Crippen LogP contribution in [0.25, 0.3) is 10.8 Å². The number of carboxylic acid groups (broad SMARTS) is 1. The molecule has 1 N–H and O–H groups in total. The quantitative estimate of drug-likeness (QED) is 0.816. The van der Waals surface area contributed by atoms with Crippen molar-refractivity contribution in [3.05, 3.63) is 48.0 Å². The van der Waals surface area contributed by atoms with Crippen molar-refractivity contribution < 1.29 is 14.6 Å². The first-order valence-electron chi connectivity index (χ1n) is 10.2. The van der Waals surface area contributed by atoms with Gasteiger partial charge in [0, 0.05) is 19.1 Å². The second-order valence-corrected chi connectivity index (χ2v) is 8.14. The molecule has 0 aromatic heterocycles. The molecule has 3 unspecified atom stereocenters. The lowest BCUT2D eigenvalue weighted by Gasteiger charge is -2.48. The molecular weight excluding hydrogens is 374 g/mol. The normalized spacial score (nSPS) is 25.6. The molecule has 28 heavy (non-hydrogen) atoms. The van der Waals surface area contributed by atoms with Gasteiger partial charge in [0.15, 0.2) is 0 Å². The zero-order valence-corrected chi connectivity index (χ0v) is 17.3. The molecule has 0 radical (unpaired) electrons. The van der Waals surface area contributed by atoms with Crippen LogP contribution in [-0.4, -0.2) is 48.3 Å². The van der Waals surface area contributed by atoms with Crippen LogP contribution >= 0.6 is 12.4 Å². The number of hydrogen-bond donors (Lipinski definition) is 1. The number of halogens is 1. The molecule has 1 aliphatic heterocycles. The van der Waals surface area contributed by atoms with Gasteiger partial charge in [0.1, 0.15) is 0 Å². The Bertz CT molecular complexity index is 815. The number of benzene rings is 2. The molecule has 2 aliphatic rings. The summed E-state index contributed by atoms with van der Waals surface area (Å²) in [6, 6.07) is 14.6. The first-order valence-corrected chi connectivity index (χ1v) is 10.2. The van der Waals surface area contributed by atoms with Crippen molar-refractivity contribution in [1.82, 2.24) is 4.90 Å². The summed E-state index contributed by atoms with van der Waals surface area (Å²) < 4.78 is 5.54. The number of morpholine rings is 1. The van der Waals surface area contributed by atoms with E-state index in [0.29, 0.717) is 6.04 Å². The minimum atomic E-state index is -0.899. The Kier molecular flexibility index (Phi) is 6.64. The average Bonchev–Trinajstić information content (AvgIpc) is 2.73. The Hall–Kier alpha value is -1.62. The van der Waals surface area contributed by atoms with Gasteiger partial charge in [0.05, 0.1) is 18.6 Å². The smallest absolute Gasteiger partial charge is 0.314 e. The Morgan fingerprint density at radius 2 is 1.75 bits per heavy atom. The van der Waals surface area contributed by atoms with E-state index < -0.39 is 11.4 Å². The first kappa shape index (κ1) is 21.1. The van der Waals surface area contributed by atoms with Crippen molar-refractivity contribution in [3.63, 3.8) is 0 Å². The number of carbonyl (C=O) groups is 1. The second kappa shape index (κ2) is 8.81. The molecule has 1 aliphatic carbocycles. The monoisotopic (exact) mass is 403 g/mol. The summed E-state index contributed by atoms with van der Waals surface area (Å²) in [5.74, 6) is -0.600. The number of ether oxygens (including phenoxy) is 1. The fraction of sp³-hybridized carbons (Fsp3) is 0.522. The second-order valence-electron chi connectivity index (χ2n) is 8.14. The van der Waals surface area contributed by atoms with Gasteiger partial charge in [-0.2, -0.15) is 0 Å². The molecule has 4 rings (SSSR count). The molecule has 152 valence electrons. The first-order chi connectivity index (χ1) is 13.1. The van der Waals surface area contributed by atoms with Gasteiger partial charge in [0.25, 0.3) is 0 Å². The molecule has 1 saturated heterocycles. The van der Waals surface area contributed by atoms with Gasteiger partial charge in [-0.25, -0.2) is 0 Å². The topological polar surface area (TPSA) is 49.8 Å². The zero-order valence-electron chi connectivity index (χ0n) is 16.5. The largest absolute Gasteiger partial charge is 0.481 e. The maximum absolute atomic E-state index is 12.7. The van der Waals surface area contributed by atoms with E-state index in [9.17, 15) is 9.90 Å². The van der Waals surface area contributed by atoms with Crippen molar-refractivity contribution >= 4 is 29.1 Å². The van der Waals surface area contributed by atoms with E-state index in [1.807, 2.05) is 31.2 Å². The molecule has 2 fully saturated rings. The summed E-state index contributed by atoms with van der Waals surface area (Å²) >= 11 is 0. The minimum absolute atomic E-state index is 0. The highest BCUT2D eigenvalue weighted by molar-refractivity contribution is 5.93. The fourth-order valence-corrected chi connectivity index (χ4v) is 5.28. The van der Waals surface area contributed by atoms with Crippen molar-refractivity contribution in [3.8, 4) is 0 Å². The maximum Gasteiger partial charge on any atom is 0.314 e. The van der Waals surface area contributed by atoms with Crippen molar-refractivity contribution in [1.29, 1.82) is 0 Å². The Balaban J connectivity index is 0.00000225. The average molecular weight is 404 g/mol. The lowest BCUT2D eigenvalue weighted by molar-refractivity contribution is -0.148. The summed E-state index contributed by atoms with van der Waals surface area (Å²) in [6.07, 6.45) is 4.34. The van der Waals surface area contributed by atoms with Crippen molar-refractivity contribution in [2.24, 2.45) is 5.92 Å². The third kappa shape index (κ3) is 3.66. The van der Waals surface area contributed by atoms with E-state index in [2.05, 4.69) is 23.1 Å². The molecule has 4 nitrogen and oxygen atoms in total. The van der Waals surface area contributed by atoms with Gasteiger partial charge < -0.3 is 9.84 Å². The van der Waals surface area contributed by atoms with Gasteiger partial charge in [-0.3, -0.25) is 9.69 Å².